The molecule has 11 nitrogen and oxygen atoms in total. The molecule has 0 saturated carbocycles. The topological polar surface area (TPSA) is 150 Å². The first-order valence-electron chi connectivity index (χ1n) is 12.0. The molecule has 2 N–H and O–H groups in total. The van der Waals surface area contributed by atoms with E-state index >= 15 is 0 Å². The zero-order valence-corrected chi connectivity index (χ0v) is 22.1. The standard InChI is InChI=1S/C27H27ClN4O7/c1-16(34)11-20(15-33)29-25(37)14-32-23-6-4-3-5-22(23)31(17(2)35)13-21(27(32)39)30-26(38)24(36)12-18-7-9-19(28)10-8-18/h3-10,15,20-21H,11-14H2,1-2H3,(H,29,37)(H,30,38)/t20-,21-/m0/s1. The van der Waals surface area contributed by atoms with Crippen molar-refractivity contribution in [1.82, 2.24) is 10.6 Å². The van der Waals surface area contributed by atoms with Crippen LogP contribution >= 0.6 is 11.6 Å². The smallest absolute Gasteiger partial charge is 0.288 e. The number of anilines is 2. The van der Waals surface area contributed by atoms with Gasteiger partial charge < -0.3 is 20.3 Å². The van der Waals surface area contributed by atoms with Crippen molar-refractivity contribution >= 4 is 64.5 Å². The molecule has 0 unspecified atom stereocenters. The minimum absolute atomic E-state index is 0.214. The number of benzene rings is 2. The van der Waals surface area contributed by atoms with Gasteiger partial charge in [-0.25, -0.2) is 0 Å². The summed E-state index contributed by atoms with van der Waals surface area (Å²) in [5.41, 5.74) is 1.07. The number of para-hydroxylation sites is 2. The number of halogens is 1. The predicted octanol–water partition coefficient (Wildman–Crippen LogP) is 0.999. The Bertz CT molecular complexity index is 1310. The highest BCUT2D eigenvalue weighted by atomic mass is 35.5. The summed E-state index contributed by atoms with van der Waals surface area (Å²) in [5, 5.41) is 5.28. The van der Waals surface area contributed by atoms with E-state index in [1.54, 1.807) is 42.5 Å². The third-order valence-electron chi connectivity index (χ3n) is 5.93. The van der Waals surface area contributed by atoms with E-state index in [2.05, 4.69) is 10.6 Å². The van der Waals surface area contributed by atoms with E-state index in [0.29, 0.717) is 22.6 Å². The van der Waals surface area contributed by atoms with Crippen LogP contribution in [0.5, 0.6) is 0 Å². The number of nitrogens with one attached hydrogen (secondary N) is 2. The maximum Gasteiger partial charge on any atom is 0.288 e. The van der Waals surface area contributed by atoms with Crippen LogP contribution in [0.15, 0.2) is 48.5 Å². The summed E-state index contributed by atoms with van der Waals surface area (Å²) < 4.78 is 0. The van der Waals surface area contributed by atoms with Crippen LogP contribution in [0.4, 0.5) is 11.4 Å². The van der Waals surface area contributed by atoms with E-state index in [1.165, 1.54) is 24.8 Å². The quantitative estimate of drug-likeness (QED) is 0.328. The maximum absolute atomic E-state index is 13.6. The maximum atomic E-state index is 13.6. The normalized spacial score (nSPS) is 15.5. The molecule has 3 rings (SSSR count). The number of Topliss-reactive ketones (excluding diaryl/α,β-unsaturated/α-hetero) is 2. The lowest BCUT2D eigenvalue weighted by Crippen LogP contribution is -2.55. The molecular weight excluding hydrogens is 528 g/mol. The number of fused-ring (bicyclic) bond motifs is 1. The highest BCUT2D eigenvalue weighted by Gasteiger charge is 2.37. The molecule has 1 aliphatic heterocycles. The van der Waals surface area contributed by atoms with Crippen LogP contribution in [0.2, 0.25) is 5.02 Å². The zero-order chi connectivity index (χ0) is 28.7. The number of carbonyl (C=O) groups excluding carboxylic acids is 7. The molecule has 4 amide bonds. The van der Waals surface area contributed by atoms with Gasteiger partial charge in [0.2, 0.25) is 17.6 Å². The van der Waals surface area contributed by atoms with Crippen molar-refractivity contribution in [1.29, 1.82) is 0 Å². The fourth-order valence-electron chi connectivity index (χ4n) is 4.10. The first kappa shape index (κ1) is 29.2. The van der Waals surface area contributed by atoms with Gasteiger partial charge in [-0.05, 0) is 36.8 Å². The molecule has 1 aliphatic rings. The Morgan fingerprint density at radius 3 is 2.26 bits per heavy atom. The van der Waals surface area contributed by atoms with Crippen molar-refractivity contribution in [2.45, 2.75) is 38.8 Å². The second kappa shape index (κ2) is 12.9. The van der Waals surface area contributed by atoms with Crippen molar-refractivity contribution in [2.75, 3.05) is 22.9 Å². The molecule has 2 aromatic carbocycles. The zero-order valence-electron chi connectivity index (χ0n) is 21.3. The van der Waals surface area contributed by atoms with E-state index in [0.717, 1.165) is 4.90 Å². The van der Waals surface area contributed by atoms with Crippen molar-refractivity contribution in [3.8, 4) is 0 Å². The molecule has 0 saturated heterocycles. The van der Waals surface area contributed by atoms with Gasteiger partial charge in [0.05, 0.1) is 24.0 Å². The number of hydrogen-bond acceptors (Lipinski definition) is 7. The molecule has 0 bridgehead atoms. The molecule has 0 aromatic heterocycles. The lowest BCUT2D eigenvalue weighted by molar-refractivity contribution is -0.139. The molecule has 204 valence electrons. The van der Waals surface area contributed by atoms with Gasteiger partial charge in [0.25, 0.3) is 11.8 Å². The monoisotopic (exact) mass is 554 g/mol. The molecule has 0 spiro atoms. The number of nitrogens with zero attached hydrogens (tertiary/aromatic N) is 2. The van der Waals surface area contributed by atoms with Crippen LogP contribution in [0.25, 0.3) is 0 Å². The predicted molar refractivity (Wildman–Crippen MR) is 142 cm³/mol. The number of hydrogen-bond donors (Lipinski definition) is 2. The number of aldehydes is 1. The third kappa shape index (κ3) is 7.57. The van der Waals surface area contributed by atoms with Crippen LogP contribution < -0.4 is 20.4 Å². The summed E-state index contributed by atoms with van der Waals surface area (Å²) in [6, 6.07) is 10.2. The van der Waals surface area contributed by atoms with Crippen molar-refractivity contribution in [2.24, 2.45) is 0 Å². The van der Waals surface area contributed by atoms with E-state index in [-0.39, 0.29) is 30.9 Å². The Morgan fingerprint density at radius 1 is 1.03 bits per heavy atom. The fourth-order valence-corrected chi connectivity index (χ4v) is 4.23. The van der Waals surface area contributed by atoms with Gasteiger partial charge >= 0.3 is 0 Å². The van der Waals surface area contributed by atoms with Crippen molar-refractivity contribution < 1.29 is 33.6 Å². The first-order valence-corrected chi connectivity index (χ1v) is 12.4. The summed E-state index contributed by atoms with van der Waals surface area (Å²) in [6.07, 6.45) is -0.0352. The number of carbonyl (C=O) groups is 7. The highest BCUT2D eigenvalue weighted by Crippen LogP contribution is 2.32. The molecule has 12 heteroatoms. The van der Waals surface area contributed by atoms with Gasteiger partial charge in [-0.3, -0.25) is 33.7 Å². The van der Waals surface area contributed by atoms with Gasteiger partial charge in [-0.2, -0.15) is 0 Å². The number of amides is 4. The summed E-state index contributed by atoms with van der Waals surface area (Å²) >= 11 is 5.86. The average Bonchev–Trinajstić information content (AvgIpc) is 3.00. The van der Waals surface area contributed by atoms with Gasteiger partial charge in [0.15, 0.2) is 0 Å². The lowest BCUT2D eigenvalue weighted by atomic mass is 10.1. The van der Waals surface area contributed by atoms with Crippen LogP contribution in [0.1, 0.15) is 25.8 Å². The second-order valence-corrected chi connectivity index (χ2v) is 9.45. The molecule has 1 heterocycles. The molecule has 39 heavy (non-hydrogen) atoms. The van der Waals surface area contributed by atoms with Gasteiger partial charge in [0.1, 0.15) is 24.7 Å². The van der Waals surface area contributed by atoms with Crippen LogP contribution in [0, 0.1) is 0 Å². The SMILES string of the molecule is CC(=O)C[C@@H](C=O)NC(=O)CN1C(=O)[C@@H](NC(=O)C(=O)Cc2ccc(Cl)cc2)CN(C(C)=O)c2ccccc21. The third-order valence-corrected chi connectivity index (χ3v) is 6.18. The summed E-state index contributed by atoms with van der Waals surface area (Å²) in [6.45, 7) is 1.69. The van der Waals surface area contributed by atoms with Gasteiger partial charge in [-0.15, -0.1) is 0 Å². The van der Waals surface area contributed by atoms with Crippen molar-refractivity contribution in [3.63, 3.8) is 0 Å². The summed E-state index contributed by atoms with van der Waals surface area (Å²) in [4.78, 5) is 89.4. The summed E-state index contributed by atoms with van der Waals surface area (Å²) in [7, 11) is 0. The second-order valence-electron chi connectivity index (χ2n) is 9.01. The minimum atomic E-state index is -1.37. The molecule has 0 radical (unpaired) electrons. The van der Waals surface area contributed by atoms with Crippen LogP contribution in [-0.4, -0.2) is 66.7 Å². The Morgan fingerprint density at radius 2 is 1.67 bits per heavy atom. The van der Waals surface area contributed by atoms with E-state index in [9.17, 15) is 33.6 Å². The molecule has 0 aliphatic carbocycles. The largest absolute Gasteiger partial charge is 0.345 e. The van der Waals surface area contributed by atoms with Gasteiger partial charge in [-0.1, -0.05) is 35.9 Å². The van der Waals surface area contributed by atoms with Crippen LogP contribution in [0.3, 0.4) is 0 Å². The van der Waals surface area contributed by atoms with Gasteiger partial charge in [0, 0.05) is 24.8 Å². The summed E-state index contributed by atoms with van der Waals surface area (Å²) in [5.74, 6) is -4.09. The van der Waals surface area contributed by atoms with Crippen LogP contribution in [-0.2, 0) is 40.0 Å². The Hall–Kier alpha value is -4.38. The molecule has 0 fully saturated rings. The molecule has 2 aromatic rings. The minimum Gasteiger partial charge on any atom is -0.345 e. The van der Waals surface area contributed by atoms with E-state index < -0.39 is 48.0 Å². The van der Waals surface area contributed by atoms with E-state index in [1.807, 2.05) is 0 Å². The van der Waals surface area contributed by atoms with E-state index in [4.69, 9.17) is 11.6 Å². The molecular formula is C27H27ClN4O7. The van der Waals surface area contributed by atoms with Crippen molar-refractivity contribution in [3.05, 3.63) is 59.1 Å². The Labute approximate surface area is 229 Å². The Kier molecular flexibility index (Phi) is 9.67. The first-order chi connectivity index (χ1) is 18.5. The fraction of sp³-hybridized carbons (Fsp3) is 0.296. The average molecular weight is 555 g/mol. The lowest BCUT2D eigenvalue weighted by Gasteiger charge is -2.25. The number of rotatable bonds is 10. The highest BCUT2D eigenvalue weighted by molar-refractivity contribution is 6.37. The number of ketones is 2. The molecule has 2 atom stereocenters. The Balaban J connectivity index is 1.87.